The Labute approximate surface area is 85.3 Å². The number of aliphatic hydroxyl groups is 1. The number of rotatable bonds is 3. The van der Waals surface area contributed by atoms with Crippen LogP contribution in [0.5, 0.6) is 0 Å². The highest BCUT2D eigenvalue weighted by molar-refractivity contribution is 5.62. The van der Waals surface area contributed by atoms with Crippen LogP contribution in [0.25, 0.3) is 0 Å². The van der Waals surface area contributed by atoms with Gasteiger partial charge in [0.15, 0.2) is 0 Å². The van der Waals surface area contributed by atoms with Gasteiger partial charge in [0.1, 0.15) is 0 Å². The first kappa shape index (κ1) is 13.4. The van der Waals surface area contributed by atoms with Gasteiger partial charge in [-0.25, -0.2) is 0 Å². The second kappa shape index (κ2) is 8.97. The molecule has 1 fully saturated rings. The number of nitrogens with one attached hydrogen (secondary N) is 1. The molecule has 0 spiro atoms. The zero-order valence-corrected chi connectivity index (χ0v) is 8.83. The molecule has 0 radical (unpaired) electrons. The van der Waals surface area contributed by atoms with Crippen LogP contribution < -0.4 is 5.32 Å². The lowest BCUT2D eigenvalue weighted by molar-refractivity contribution is -0.134. The van der Waals surface area contributed by atoms with Crippen molar-refractivity contribution in [3.8, 4) is 0 Å². The van der Waals surface area contributed by atoms with E-state index in [0.717, 1.165) is 19.3 Å². The van der Waals surface area contributed by atoms with Gasteiger partial charge in [-0.15, -0.1) is 0 Å². The smallest absolute Gasteiger partial charge is 0.300 e. The number of aliphatic hydroxyl groups excluding tert-OH is 1. The van der Waals surface area contributed by atoms with E-state index in [-0.39, 0.29) is 0 Å². The van der Waals surface area contributed by atoms with Crippen LogP contribution >= 0.6 is 0 Å². The topological polar surface area (TPSA) is 69.6 Å². The van der Waals surface area contributed by atoms with Gasteiger partial charge in [-0.05, 0) is 44.7 Å². The molecule has 4 nitrogen and oxygen atoms in total. The lowest BCUT2D eigenvalue weighted by Crippen LogP contribution is -2.27. The van der Waals surface area contributed by atoms with E-state index in [2.05, 4.69) is 5.32 Å². The highest BCUT2D eigenvalue weighted by Crippen LogP contribution is 2.16. The minimum Gasteiger partial charge on any atom is -0.481 e. The van der Waals surface area contributed by atoms with Crippen LogP contribution in [0, 0.1) is 5.92 Å². The van der Waals surface area contributed by atoms with Crippen LogP contribution in [-0.4, -0.2) is 35.9 Å². The Bertz CT molecular complexity index is 140. The number of carbonyl (C=O) groups is 1. The molecule has 1 aliphatic rings. The van der Waals surface area contributed by atoms with E-state index in [0.29, 0.717) is 6.61 Å². The second-order valence-corrected chi connectivity index (χ2v) is 3.58. The Morgan fingerprint density at radius 1 is 1.43 bits per heavy atom. The van der Waals surface area contributed by atoms with Gasteiger partial charge in [0, 0.05) is 13.5 Å². The van der Waals surface area contributed by atoms with E-state index in [9.17, 15) is 0 Å². The van der Waals surface area contributed by atoms with Crippen LogP contribution in [0.15, 0.2) is 0 Å². The average molecular weight is 203 g/mol. The van der Waals surface area contributed by atoms with Gasteiger partial charge in [-0.1, -0.05) is 0 Å². The largest absolute Gasteiger partial charge is 0.481 e. The Morgan fingerprint density at radius 3 is 2.36 bits per heavy atom. The van der Waals surface area contributed by atoms with Gasteiger partial charge < -0.3 is 15.5 Å². The molecule has 0 amide bonds. The maximum atomic E-state index is 9.00. The molecule has 84 valence electrons. The first-order valence-electron chi connectivity index (χ1n) is 5.18. The van der Waals surface area contributed by atoms with E-state index in [1.165, 1.54) is 32.4 Å². The first-order chi connectivity index (χ1) is 6.66. The van der Waals surface area contributed by atoms with E-state index < -0.39 is 5.97 Å². The van der Waals surface area contributed by atoms with Gasteiger partial charge in [-0.3, -0.25) is 4.79 Å². The van der Waals surface area contributed by atoms with Crippen LogP contribution in [-0.2, 0) is 4.79 Å². The van der Waals surface area contributed by atoms with Crippen molar-refractivity contribution in [3.63, 3.8) is 0 Å². The molecule has 1 saturated heterocycles. The molecular weight excluding hydrogens is 182 g/mol. The van der Waals surface area contributed by atoms with Crippen LogP contribution in [0.2, 0.25) is 0 Å². The fourth-order valence-corrected chi connectivity index (χ4v) is 1.55. The lowest BCUT2D eigenvalue weighted by atomic mass is 9.93. The summed E-state index contributed by atoms with van der Waals surface area (Å²) in [6.07, 6.45) is 4.82. The molecule has 0 unspecified atom stereocenters. The number of aliphatic carboxylic acids is 1. The quantitative estimate of drug-likeness (QED) is 0.636. The average Bonchev–Trinajstić information content (AvgIpc) is 2.15. The molecule has 4 heteroatoms. The van der Waals surface area contributed by atoms with Crippen molar-refractivity contribution in [3.05, 3.63) is 0 Å². The normalized spacial score (nSPS) is 17.0. The highest BCUT2D eigenvalue weighted by Gasteiger charge is 2.11. The van der Waals surface area contributed by atoms with Gasteiger partial charge in [0.2, 0.25) is 0 Å². The predicted octanol–water partition coefficient (Wildman–Crippen LogP) is 0.849. The first-order valence-corrected chi connectivity index (χ1v) is 5.18. The van der Waals surface area contributed by atoms with Crippen LogP contribution in [0.4, 0.5) is 0 Å². The minimum atomic E-state index is -0.833. The molecule has 14 heavy (non-hydrogen) atoms. The standard InChI is InChI=1S/C8H17NO.C2H4O2/c10-7-1-2-8-3-5-9-6-4-8;1-2(3)4/h8-10H,1-7H2;1H3,(H,3,4). The van der Waals surface area contributed by atoms with Crippen molar-refractivity contribution in [1.82, 2.24) is 5.32 Å². The van der Waals surface area contributed by atoms with Gasteiger partial charge in [0.05, 0.1) is 0 Å². The molecule has 1 aliphatic heterocycles. The molecule has 1 rings (SSSR count). The molecule has 0 atom stereocenters. The summed E-state index contributed by atoms with van der Waals surface area (Å²) in [4.78, 5) is 9.00. The summed E-state index contributed by atoms with van der Waals surface area (Å²) in [7, 11) is 0. The fraction of sp³-hybridized carbons (Fsp3) is 0.900. The molecule has 0 aromatic carbocycles. The third-order valence-electron chi connectivity index (χ3n) is 2.23. The van der Waals surface area contributed by atoms with E-state index >= 15 is 0 Å². The Hall–Kier alpha value is -0.610. The third kappa shape index (κ3) is 9.48. The molecule has 3 N–H and O–H groups in total. The Kier molecular flexibility index (Phi) is 8.57. The monoisotopic (exact) mass is 203 g/mol. The van der Waals surface area contributed by atoms with Crippen molar-refractivity contribution in [1.29, 1.82) is 0 Å². The summed E-state index contributed by atoms with van der Waals surface area (Å²) >= 11 is 0. The van der Waals surface area contributed by atoms with E-state index in [1.54, 1.807) is 0 Å². The fourth-order valence-electron chi connectivity index (χ4n) is 1.55. The summed E-state index contributed by atoms with van der Waals surface area (Å²) in [6.45, 7) is 3.80. The number of carboxylic acid groups (broad SMARTS) is 1. The SMILES string of the molecule is CC(=O)O.OCCCC1CCNCC1. The summed E-state index contributed by atoms with van der Waals surface area (Å²) in [6, 6.07) is 0. The second-order valence-electron chi connectivity index (χ2n) is 3.58. The van der Waals surface area contributed by atoms with Crippen molar-refractivity contribution in [2.75, 3.05) is 19.7 Å². The third-order valence-corrected chi connectivity index (χ3v) is 2.23. The summed E-state index contributed by atoms with van der Waals surface area (Å²) < 4.78 is 0. The number of hydrogen-bond acceptors (Lipinski definition) is 3. The van der Waals surface area contributed by atoms with Gasteiger partial charge >= 0.3 is 0 Å². The molecule has 0 saturated carbocycles. The van der Waals surface area contributed by atoms with Gasteiger partial charge in [0.25, 0.3) is 5.97 Å². The summed E-state index contributed by atoms with van der Waals surface area (Å²) in [5.41, 5.74) is 0. The Balaban J connectivity index is 0.000000364. The number of hydrogen-bond donors (Lipinski definition) is 3. The predicted molar refractivity (Wildman–Crippen MR) is 55.2 cm³/mol. The zero-order valence-electron chi connectivity index (χ0n) is 8.83. The molecule has 1 heterocycles. The molecule has 0 aromatic rings. The summed E-state index contributed by atoms with van der Waals surface area (Å²) in [5.74, 6) is 0.0494. The molecule has 0 bridgehead atoms. The maximum Gasteiger partial charge on any atom is 0.300 e. The molecule has 0 aromatic heterocycles. The van der Waals surface area contributed by atoms with E-state index in [1.807, 2.05) is 0 Å². The minimum absolute atomic E-state index is 0.365. The van der Waals surface area contributed by atoms with Crippen molar-refractivity contribution in [2.24, 2.45) is 5.92 Å². The Morgan fingerprint density at radius 2 is 1.93 bits per heavy atom. The zero-order chi connectivity index (χ0) is 10.8. The van der Waals surface area contributed by atoms with Crippen LogP contribution in [0.1, 0.15) is 32.6 Å². The van der Waals surface area contributed by atoms with Crippen molar-refractivity contribution < 1.29 is 15.0 Å². The van der Waals surface area contributed by atoms with Crippen LogP contribution in [0.3, 0.4) is 0 Å². The highest BCUT2D eigenvalue weighted by atomic mass is 16.4. The molecular formula is C10H21NO3. The summed E-state index contributed by atoms with van der Waals surface area (Å²) in [5, 5.41) is 19.3. The number of piperidine rings is 1. The van der Waals surface area contributed by atoms with Crippen molar-refractivity contribution >= 4 is 5.97 Å². The molecule has 0 aliphatic carbocycles. The number of carboxylic acids is 1. The van der Waals surface area contributed by atoms with Crippen molar-refractivity contribution in [2.45, 2.75) is 32.6 Å². The van der Waals surface area contributed by atoms with Gasteiger partial charge in [-0.2, -0.15) is 0 Å². The lowest BCUT2D eigenvalue weighted by Gasteiger charge is -2.21. The maximum absolute atomic E-state index is 9.00. The van der Waals surface area contributed by atoms with E-state index in [4.69, 9.17) is 15.0 Å².